The number of amides is 1. The largest absolute Gasteiger partial charge is 0.480 e. The number of fused-ring (bicyclic) bond motifs is 1. The normalized spacial score (nSPS) is 27.7. The van der Waals surface area contributed by atoms with Crippen molar-refractivity contribution in [2.24, 2.45) is 11.8 Å². The van der Waals surface area contributed by atoms with Crippen LogP contribution in [-0.2, 0) is 20.9 Å². The van der Waals surface area contributed by atoms with E-state index in [-0.39, 0.29) is 11.8 Å². The highest BCUT2D eigenvalue weighted by molar-refractivity contribution is 5.87. The molecule has 1 aromatic carbocycles. The summed E-state index contributed by atoms with van der Waals surface area (Å²) in [6, 6.07) is 8.98. The fraction of sp³-hybridized carbons (Fsp3) is 0.556. The third-order valence-electron chi connectivity index (χ3n) is 5.12. The summed E-state index contributed by atoms with van der Waals surface area (Å²) in [6.07, 6.45) is 2.37. The highest BCUT2D eigenvalue weighted by atomic mass is 16.5. The Kier molecular flexibility index (Phi) is 4.66. The maximum absolute atomic E-state index is 12.7. The van der Waals surface area contributed by atoms with Gasteiger partial charge in [0.1, 0.15) is 12.1 Å². The molecule has 124 valence electrons. The second-order valence-electron chi connectivity index (χ2n) is 6.57. The summed E-state index contributed by atoms with van der Waals surface area (Å²) in [7, 11) is 0. The van der Waals surface area contributed by atoms with Gasteiger partial charge >= 0.3 is 5.97 Å². The quantitative estimate of drug-likeness (QED) is 0.905. The van der Waals surface area contributed by atoms with Crippen LogP contribution < -0.4 is 0 Å². The van der Waals surface area contributed by atoms with Crippen LogP contribution >= 0.6 is 0 Å². The van der Waals surface area contributed by atoms with E-state index in [2.05, 4.69) is 0 Å². The lowest BCUT2D eigenvalue weighted by Gasteiger charge is -2.27. The van der Waals surface area contributed by atoms with Crippen LogP contribution in [0.5, 0.6) is 0 Å². The summed E-state index contributed by atoms with van der Waals surface area (Å²) in [4.78, 5) is 25.8. The van der Waals surface area contributed by atoms with Gasteiger partial charge in [0.25, 0.3) is 5.91 Å². The van der Waals surface area contributed by atoms with E-state index in [9.17, 15) is 14.7 Å². The number of carbonyl (C=O) groups excluding carboxylic acids is 1. The molecule has 0 radical (unpaired) electrons. The monoisotopic (exact) mass is 317 g/mol. The first-order valence-electron chi connectivity index (χ1n) is 8.26. The van der Waals surface area contributed by atoms with Crippen LogP contribution in [0.4, 0.5) is 0 Å². The van der Waals surface area contributed by atoms with Crippen LogP contribution in [0.1, 0.15) is 31.7 Å². The first-order valence-corrected chi connectivity index (χ1v) is 8.26. The number of hydrogen-bond acceptors (Lipinski definition) is 3. The van der Waals surface area contributed by atoms with E-state index in [1.54, 1.807) is 6.92 Å². The number of aliphatic carboxylic acids is 1. The summed E-state index contributed by atoms with van der Waals surface area (Å²) in [5, 5.41) is 9.53. The highest BCUT2D eigenvalue weighted by Crippen LogP contribution is 2.42. The average molecular weight is 317 g/mol. The third kappa shape index (κ3) is 3.24. The Labute approximate surface area is 136 Å². The minimum Gasteiger partial charge on any atom is -0.480 e. The maximum Gasteiger partial charge on any atom is 0.326 e. The SMILES string of the molecule is CC(OCc1ccccc1)C(=O)N1CC2CCCC2C1C(=O)O. The van der Waals surface area contributed by atoms with Crippen LogP contribution in [0.25, 0.3) is 0 Å². The number of hydrogen-bond donors (Lipinski definition) is 1. The van der Waals surface area contributed by atoms with Gasteiger partial charge in [-0.1, -0.05) is 36.8 Å². The Morgan fingerprint density at radius 1 is 1.30 bits per heavy atom. The highest BCUT2D eigenvalue weighted by Gasteiger charge is 2.50. The summed E-state index contributed by atoms with van der Waals surface area (Å²) >= 11 is 0. The van der Waals surface area contributed by atoms with Gasteiger partial charge < -0.3 is 14.7 Å². The number of nitrogens with zero attached hydrogens (tertiary/aromatic N) is 1. The average Bonchev–Trinajstić information content (AvgIpc) is 3.13. The number of carboxylic acid groups (broad SMARTS) is 1. The van der Waals surface area contributed by atoms with Gasteiger partial charge in [-0.05, 0) is 37.2 Å². The summed E-state index contributed by atoms with van der Waals surface area (Å²) in [5.74, 6) is -0.648. The first-order chi connectivity index (χ1) is 11.1. The van der Waals surface area contributed by atoms with E-state index in [0.29, 0.717) is 19.1 Å². The fourth-order valence-corrected chi connectivity index (χ4v) is 3.95. The Balaban J connectivity index is 1.63. The molecule has 23 heavy (non-hydrogen) atoms. The van der Waals surface area contributed by atoms with Crippen LogP contribution in [0.2, 0.25) is 0 Å². The van der Waals surface area contributed by atoms with Gasteiger partial charge in [0.2, 0.25) is 0 Å². The molecule has 1 aliphatic carbocycles. The molecule has 5 nitrogen and oxygen atoms in total. The molecule has 1 aromatic rings. The van der Waals surface area contributed by atoms with Gasteiger partial charge in [-0.3, -0.25) is 4.79 Å². The van der Waals surface area contributed by atoms with E-state index in [0.717, 1.165) is 24.8 Å². The van der Waals surface area contributed by atoms with Crippen LogP contribution in [0.15, 0.2) is 30.3 Å². The van der Waals surface area contributed by atoms with Crippen molar-refractivity contribution in [3.05, 3.63) is 35.9 Å². The predicted molar refractivity (Wildman–Crippen MR) is 84.7 cm³/mol. The topological polar surface area (TPSA) is 66.8 Å². The lowest BCUT2D eigenvalue weighted by molar-refractivity contribution is -0.155. The zero-order valence-electron chi connectivity index (χ0n) is 13.4. The summed E-state index contributed by atoms with van der Waals surface area (Å²) in [6.45, 7) is 2.62. The molecule has 5 heteroatoms. The van der Waals surface area contributed by atoms with Crippen molar-refractivity contribution >= 4 is 11.9 Å². The van der Waals surface area contributed by atoms with E-state index in [1.807, 2.05) is 30.3 Å². The van der Waals surface area contributed by atoms with Gasteiger partial charge in [-0.15, -0.1) is 0 Å². The van der Waals surface area contributed by atoms with Crippen molar-refractivity contribution in [1.29, 1.82) is 0 Å². The lowest BCUT2D eigenvalue weighted by atomic mass is 9.94. The smallest absolute Gasteiger partial charge is 0.326 e. The van der Waals surface area contributed by atoms with Crippen LogP contribution in [-0.4, -0.2) is 40.6 Å². The molecule has 0 aromatic heterocycles. The van der Waals surface area contributed by atoms with Crippen molar-refractivity contribution in [3.63, 3.8) is 0 Å². The molecule has 3 rings (SSSR count). The maximum atomic E-state index is 12.7. The Bertz CT molecular complexity index is 574. The first kappa shape index (κ1) is 16.0. The zero-order chi connectivity index (χ0) is 16.4. The van der Waals surface area contributed by atoms with Gasteiger partial charge in [0.15, 0.2) is 0 Å². The van der Waals surface area contributed by atoms with Gasteiger partial charge in [0, 0.05) is 6.54 Å². The molecule has 1 amide bonds. The van der Waals surface area contributed by atoms with E-state index < -0.39 is 18.1 Å². The van der Waals surface area contributed by atoms with E-state index in [4.69, 9.17) is 4.74 Å². The van der Waals surface area contributed by atoms with Crippen molar-refractivity contribution in [2.45, 2.75) is 44.9 Å². The lowest BCUT2D eigenvalue weighted by Crippen LogP contribution is -2.47. The molecule has 4 unspecified atom stereocenters. The Hall–Kier alpha value is -1.88. The van der Waals surface area contributed by atoms with Gasteiger partial charge in [-0.25, -0.2) is 4.79 Å². The zero-order valence-corrected chi connectivity index (χ0v) is 13.4. The predicted octanol–water partition coefficient (Wildman–Crippen LogP) is 2.30. The van der Waals surface area contributed by atoms with Crippen LogP contribution in [0.3, 0.4) is 0 Å². The third-order valence-corrected chi connectivity index (χ3v) is 5.12. The van der Waals surface area contributed by atoms with Crippen molar-refractivity contribution < 1.29 is 19.4 Å². The second kappa shape index (κ2) is 6.71. The standard InChI is InChI=1S/C18H23NO4/c1-12(23-11-13-6-3-2-4-7-13)17(20)19-10-14-8-5-9-15(14)16(19)18(21)22/h2-4,6-7,12,14-16H,5,8-11H2,1H3,(H,21,22). The minimum absolute atomic E-state index is 0.109. The number of carboxylic acids is 1. The van der Waals surface area contributed by atoms with Crippen molar-refractivity contribution in [1.82, 2.24) is 4.90 Å². The molecular formula is C18H23NO4. The summed E-state index contributed by atoms with van der Waals surface area (Å²) < 4.78 is 5.67. The minimum atomic E-state index is -0.886. The molecule has 1 saturated carbocycles. The molecule has 4 atom stereocenters. The Morgan fingerprint density at radius 2 is 2.04 bits per heavy atom. The van der Waals surface area contributed by atoms with Gasteiger partial charge in [0.05, 0.1) is 6.61 Å². The second-order valence-corrected chi connectivity index (χ2v) is 6.57. The number of ether oxygens (including phenoxy) is 1. The number of rotatable bonds is 5. The number of likely N-dealkylation sites (tertiary alicyclic amines) is 1. The van der Waals surface area contributed by atoms with Crippen molar-refractivity contribution in [2.75, 3.05) is 6.54 Å². The van der Waals surface area contributed by atoms with Crippen LogP contribution in [0, 0.1) is 11.8 Å². The molecule has 1 N–H and O–H groups in total. The van der Waals surface area contributed by atoms with E-state index >= 15 is 0 Å². The molecule has 2 fully saturated rings. The molecule has 1 heterocycles. The van der Waals surface area contributed by atoms with Crippen molar-refractivity contribution in [3.8, 4) is 0 Å². The Morgan fingerprint density at radius 3 is 2.74 bits per heavy atom. The van der Waals surface area contributed by atoms with E-state index in [1.165, 1.54) is 4.90 Å². The molecule has 2 aliphatic rings. The molecule has 1 aliphatic heterocycles. The molecular weight excluding hydrogens is 294 g/mol. The fourth-order valence-electron chi connectivity index (χ4n) is 3.95. The number of benzene rings is 1. The molecule has 0 spiro atoms. The molecule has 0 bridgehead atoms. The number of carbonyl (C=O) groups is 2. The molecule has 1 saturated heterocycles. The summed E-state index contributed by atoms with van der Waals surface area (Å²) in [5.41, 5.74) is 1.00. The van der Waals surface area contributed by atoms with Gasteiger partial charge in [-0.2, -0.15) is 0 Å².